The smallest absolute Gasteiger partial charge is 0.267 e. The summed E-state index contributed by atoms with van der Waals surface area (Å²) in [6.07, 6.45) is 0.491. The van der Waals surface area contributed by atoms with E-state index in [1.54, 1.807) is 24.3 Å². The molecule has 1 aliphatic rings. The number of hydrogen-bond donors (Lipinski definition) is 2. The van der Waals surface area contributed by atoms with Gasteiger partial charge < -0.3 is 11.1 Å². The molecule has 0 unspecified atom stereocenters. The zero-order valence-corrected chi connectivity index (χ0v) is 8.69. The van der Waals surface area contributed by atoms with Crippen LogP contribution in [0.25, 0.3) is 0 Å². The highest BCUT2D eigenvalue weighted by atomic mass is 16.2. The SMILES string of the molecule is NC1=C(C(=O)c2ccccc2)CCNC1=O. The van der Waals surface area contributed by atoms with Crippen LogP contribution in [0.3, 0.4) is 0 Å². The minimum Gasteiger partial charge on any atom is -0.394 e. The van der Waals surface area contributed by atoms with Gasteiger partial charge in [-0.1, -0.05) is 30.3 Å². The average Bonchev–Trinajstić information content (AvgIpc) is 2.33. The molecule has 1 aromatic rings. The molecular weight excluding hydrogens is 204 g/mol. The standard InChI is InChI=1S/C12H12N2O2/c13-10-9(6-7-14-12(10)16)11(15)8-4-2-1-3-5-8/h1-5H,6-7,13H2,(H,14,16). The summed E-state index contributed by atoms with van der Waals surface area (Å²) in [6, 6.07) is 8.84. The van der Waals surface area contributed by atoms with Gasteiger partial charge in [-0.3, -0.25) is 9.59 Å². The third kappa shape index (κ3) is 1.82. The largest absolute Gasteiger partial charge is 0.394 e. The van der Waals surface area contributed by atoms with Crippen molar-refractivity contribution >= 4 is 11.7 Å². The predicted octanol–water partition coefficient (Wildman–Crippen LogP) is 0.602. The summed E-state index contributed by atoms with van der Waals surface area (Å²) in [5.41, 5.74) is 6.63. The van der Waals surface area contributed by atoms with Crippen molar-refractivity contribution in [3.8, 4) is 0 Å². The Morgan fingerprint density at radius 1 is 1.25 bits per heavy atom. The summed E-state index contributed by atoms with van der Waals surface area (Å²) in [4.78, 5) is 23.3. The molecule has 1 aliphatic heterocycles. The third-order valence-corrected chi connectivity index (χ3v) is 2.54. The second-order valence-corrected chi connectivity index (χ2v) is 3.59. The number of amides is 1. The highest BCUT2D eigenvalue weighted by molar-refractivity contribution is 6.13. The lowest BCUT2D eigenvalue weighted by molar-refractivity contribution is -0.117. The zero-order valence-electron chi connectivity index (χ0n) is 8.69. The van der Waals surface area contributed by atoms with Crippen LogP contribution in [0.4, 0.5) is 0 Å². The predicted molar refractivity (Wildman–Crippen MR) is 59.6 cm³/mol. The molecule has 1 amide bonds. The summed E-state index contributed by atoms with van der Waals surface area (Å²) in [7, 11) is 0. The second kappa shape index (κ2) is 4.18. The highest BCUT2D eigenvalue weighted by Crippen LogP contribution is 2.16. The van der Waals surface area contributed by atoms with Gasteiger partial charge in [0.15, 0.2) is 5.78 Å². The van der Waals surface area contributed by atoms with Gasteiger partial charge in [0.2, 0.25) is 0 Å². The Morgan fingerprint density at radius 2 is 1.94 bits per heavy atom. The Morgan fingerprint density at radius 3 is 2.62 bits per heavy atom. The molecule has 0 aromatic heterocycles. The number of carbonyl (C=O) groups excluding carboxylic acids is 2. The molecule has 0 spiro atoms. The first-order chi connectivity index (χ1) is 7.70. The van der Waals surface area contributed by atoms with Crippen molar-refractivity contribution in [3.63, 3.8) is 0 Å². The van der Waals surface area contributed by atoms with E-state index >= 15 is 0 Å². The molecular formula is C12H12N2O2. The van der Waals surface area contributed by atoms with Gasteiger partial charge in [0.25, 0.3) is 5.91 Å². The van der Waals surface area contributed by atoms with Crippen molar-refractivity contribution in [3.05, 3.63) is 47.2 Å². The third-order valence-electron chi connectivity index (χ3n) is 2.54. The molecule has 0 bridgehead atoms. The Balaban J connectivity index is 2.36. The number of hydrogen-bond acceptors (Lipinski definition) is 3. The summed E-state index contributed by atoms with van der Waals surface area (Å²) in [5, 5.41) is 2.59. The summed E-state index contributed by atoms with van der Waals surface area (Å²) in [6.45, 7) is 0.466. The first-order valence-corrected chi connectivity index (χ1v) is 5.06. The quantitative estimate of drug-likeness (QED) is 0.711. The Bertz CT molecular complexity index is 463. The maximum atomic E-state index is 12.0. The number of nitrogens with one attached hydrogen (secondary N) is 1. The van der Waals surface area contributed by atoms with E-state index in [-0.39, 0.29) is 17.4 Å². The monoisotopic (exact) mass is 216 g/mol. The van der Waals surface area contributed by atoms with Gasteiger partial charge >= 0.3 is 0 Å². The van der Waals surface area contributed by atoms with Crippen LogP contribution in [0.2, 0.25) is 0 Å². The van der Waals surface area contributed by atoms with Crippen LogP contribution in [0, 0.1) is 0 Å². The minimum atomic E-state index is -0.356. The summed E-state index contributed by atoms with van der Waals surface area (Å²) < 4.78 is 0. The van der Waals surface area contributed by atoms with Crippen molar-refractivity contribution in [2.24, 2.45) is 5.73 Å². The topological polar surface area (TPSA) is 72.2 Å². The van der Waals surface area contributed by atoms with Gasteiger partial charge in [0.1, 0.15) is 5.70 Å². The number of Topliss-reactive ketones (excluding diaryl/α,β-unsaturated/α-hetero) is 1. The van der Waals surface area contributed by atoms with Gasteiger partial charge in [0.05, 0.1) is 0 Å². The molecule has 0 saturated heterocycles. The van der Waals surface area contributed by atoms with E-state index in [0.29, 0.717) is 24.1 Å². The fourth-order valence-corrected chi connectivity index (χ4v) is 1.67. The molecule has 16 heavy (non-hydrogen) atoms. The summed E-state index contributed by atoms with van der Waals surface area (Å²) in [5.74, 6) is -0.515. The van der Waals surface area contributed by atoms with Gasteiger partial charge in [-0.2, -0.15) is 0 Å². The molecule has 0 aliphatic carbocycles. The van der Waals surface area contributed by atoms with Crippen LogP contribution < -0.4 is 11.1 Å². The van der Waals surface area contributed by atoms with Crippen LogP contribution >= 0.6 is 0 Å². The van der Waals surface area contributed by atoms with Crippen molar-refractivity contribution in [1.82, 2.24) is 5.32 Å². The molecule has 0 radical (unpaired) electrons. The fourth-order valence-electron chi connectivity index (χ4n) is 1.67. The first-order valence-electron chi connectivity index (χ1n) is 5.06. The van der Waals surface area contributed by atoms with Crippen molar-refractivity contribution < 1.29 is 9.59 Å². The molecule has 4 nitrogen and oxygen atoms in total. The number of benzene rings is 1. The van der Waals surface area contributed by atoms with E-state index in [2.05, 4.69) is 5.32 Å². The van der Waals surface area contributed by atoms with Crippen LogP contribution in [0.1, 0.15) is 16.8 Å². The molecule has 3 N–H and O–H groups in total. The normalized spacial score (nSPS) is 15.9. The van der Waals surface area contributed by atoms with E-state index in [9.17, 15) is 9.59 Å². The molecule has 82 valence electrons. The number of rotatable bonds is 2. The Labute approximate surface area is 93.1 Å². The number of carbonyl (C=O) groups is 2. The lowest BCUT2D eigenvalue weighted by Crippen LogP contribution is -2.36. The number of ketones is 1. The maximum Gasteiger partial charge on any atom is 0.267 e. The van der Waals surface area contributed by atoms with Gasteiger partial charge in [-0.25, -0.2) is 0 Å². The zero-order chi connectivity index (χ0) is 11.5. The Kier molecular flexibility index (Phi) is 2.72. The van der Waals surface area contributed by atoms with Gasteiger partial charge in [-0.15, -0.1) is 0 Å². The molecule has 4 heteroatoms. The number of nitrogens with two attached hydrogens (primary N) is 1. The lowest BCUT2D eigenvalue weighted by Gasteiger charge is -2.16. The van der Waals surface area contributed by atoms with E-state index in [1.807, 2.05) is 6.07 Å². The molecule has 0 saturated carbocycles. The molecule has 1 heterocycles. The summed E-state index contributed by atoms with van der Waals surface area (Å²) >= 11 is 0. The van der Waals surface area contributed by atoms with Gasteiger partial charge in [0, 0.05) is 17.7 Å². The molecule has 1 aromatic carbocycles. The van der Waals surface area contributed by atoms with E-state index < -0.39 is 0 Å². The van der Waals surface area contributed by atoms with E-state index in [4.69, 9.17) is 5.73 Å². The van der Waals surface area contributed by atoms with Crippen LogP contribution in [0.15, 0.2) is 41.6 Å². The van der Waals surface area contributed by atoms with Crippen LogP contribution in [0.5, 0.6) is 0 Å². The second-order valence-electron chi connectivity index (χ2n) is 3.59. The fraction of sp³-hybridized carbons (Fsp3) is 0.167. The van der Waals surface area contributed by atoms with Crippen molar-refractivity contribution in [2.45, 2.75) is 6.42 Å². The molecule has 0 fully saturated rings. The molecule has 0 atom stereocenters. The van der Waals surface area contributed by atoms with E-state index in [0.717, 1.165) is 0 Å². The average molecular weight is 216 g/mol. The first kappa shape index (κ1) is 10.4. The Hall–Kier alpha value is -2.10. The minimum absolute atomic E-state index is 0.0418. The highest BCUT2D eigenvalue weighted by Gasteiger charge is 2.23. The van der Waals surface area contributed by atoms with Crippen molar-refractivity contribution in [2.75, 3.05) is 6.54 Å². The molecule has 2 rings (SSSR count). The van der Waals surface area contributed by atoms with Gasteiger partial charge in [-0.05, 0) is 6.42 Å². The maximum absolute atomic E-state index is 12.0. The van der Waals surface area contributed by atoms with Crippen LogP contribution in [-0.4, -0.2) is 18.2 Å². The van der Waals surface area contributed by atoms with Crippen molar-refractivity contribution in [1.29, 1.82) is 0 Å². The van der Waals surface area contributed by atoms with Crippen LogP contribution in [-0.2, 0) is 4.79 Å². The lowest BCUT2D eigenvalue weighted by atomic mass is 9.97. The van der Waals surface area contributed by atoms with E-state index in [1.165, 1.54) is 0 Å².